The third-order valence-electron chi connectivity index (χ3n) is 5.05. The second-order valence-electron chi connectivity index (χ2n) is 7.62. The molecule has 0 aliphatic carbocycles. The number of pyridine rings is 1. The van der Waals surface area contributed by atoms with Crippen LogP contribution >= 0.6 is 0 Å². The molecule has 0 radical (unpaired) electrons. The normalized spacial score (nSPS) is 17.8. The van der Waals surface area contributed by atoms with Crippen molar-refractivity contribution in [2.24, 2.45) is 0 Å². The highest BCUT2D eigenvalue weighted by Gasteiger charge is 2.47. The number of anilines is 1. The lowest BCUT2D eigenvalue weighted by molar-refractivity contribution is -0.132. The van der Waals surface area contributed by atoms with Crippen molar-refractivity contribution in [3.8, 4) is 5.75 Å². The van der Waals surface area contributed by atoms with Crippen LogP contribution < -0.4 is 9.64 Å². The van der Waals surface area contributed by atoms with Crippen molar-refractivity contribution in [2.45, 2.75) is 26.0 Å². The van der Waals surface area contributed by atoms with Crippen LogP contribution in [-0.4, -0.2) is 27.9 Å². The van der Waals surface area contributed by atoms with Gasteiger partial charge in [-0.3, -0.25) is 19.5 Å². The van der Waals surface area contributed by atoms with Crippen molar-refractivity contribution >= 4 is 23.1 Å². The summed E-state index contributed by atoms with van der Waals surface area (Å²) in [5.41, 5.74) is 1.18. The predicted molar refractivity (Wildman–Crippen MR) is 118 cm³/mol. The molecule has 7 heteroatoms. The molecule has 162 valence electrons. The summed E-state index contributed by atoms with van der Waals surface area (Å²) in [6.07, 6.45) is 3.09. The van der Waals surface area contributed by atoms with Crippen molar-refractivity contribution in [3.63, 3.8) is 0 Å². The standard InChI is InChI=1S/C25H21FN2O4/c1-15(2)32-20-11-5-16(6-12-20)23(29)21-22(17-4-3-13-27-14-17)28(25(31)24(21)30)19-9-7-18(26)8-10-19/h3-15,22,29H,1-2H3/b23-21-. The van der Waals surface area contributed by atoms with E-state index in [0.29, 0.717) is 22.6 Å². The molecule has 1 N–H and O–H groups in total. The molecule has 2 heterocycles. The fourth-order valence-corrected chi connectivity index (χ4v) is 3.67. The molecular formula is C25H21FN2O4. The quantitative estimate of drug-likeness (QED) is 0.361. The van der Waals surface area contributed by atoms with Gasteiger partial charge in [-0.25, -0.2) is 4.39 Å². The lowest BCUT2D eigenvalue weighted by Crippen LogP contribution is -2.29. The first-order valence-electron chi connectivity index (χ1n) is 10.1. The average Bonchev–Trinajstić information content (AvgIpc) is 3.05. The summed E-state index contributed by atoms with van der Waals surface area (Å²) in [5.74, 6) is -1.80. The van der Waals surface area contributed by atoms with E-state index in [-0.39, 0.29) is 17.4 Å². The van der Waals surface area contributed by atoms with Crippen molar-refractivity contribution in [1.82, 2.24) is 4.98 Å². The fraction of sp³-hybridized carbons (Fsp3) is 0.160. The SMILES string of the molecule is CC(C)Oc1ccc(/C(O)=C2/C(=O)C(=O)N(c3ccc(F)cc3)C2c2cccnc2)cc1. The fourth-order valence-electron chi connectivity index (χ4n) is 3.67. The first kappa shape index (κ1) is 21.2. The first-order valence-corrected chi connectivity index (χ1v) is 10.1. The Morgan fingerprint density at radius 3 is 2.34 bits per heavy atom. The zero-order chi connectivity index (χ0) is 22.8. The molecule has 0 bridgehead atoms. The molecule has 0 saturated carbocycles. The van der Waals surface area contributed by atoms with Crippen LogP contribution in [-0.2, 0) is 9.59 Å². The molecule has 32 heavy (non-hydrogen) atoms. The van der Waals surface area contributed by atoms with E-state index in [2.05, 4.69) is 4.98 Å². The summed E-state index contributed by atoms with van der Waals surface area (Å²) in [5, 5.41) is 11.1. The number of aromatic nitrogens is 1. The highest BCUT2D eigenvalue weighted by molar-refractivity contribution is 6.51. The van der Waals surface area contributed by atoms with E-state index in [1.165, 1.54) is 35.4 Å². The Hall–Kier alpha value is -4.00. The Morgan fingerprint density at radius 2 is 1.75 bits per heavy atom. The molecule has 0 spiro atoms. The van der Waals surface area contributed by atoms with Gasteiger partial charge in [0.1, 0.15) is 17.3 Å². The molecule has 1 fully saturated rings. The minimum atomic E-state index is -0.916. The predicted octanol–water partition coefficient (Wildman–Crippen LogP) is 4.63. The Bertz CT molecular complexity index is 1170. The van der Waals surface area contributed by atoms with Crippen molar-refractivity contribution in [3.05, 3.63) is 95.6 Å². The second kappa shape index (κ2) is 8.63. The van der Waals surface area contributed by atoms with Gasteiger partial charge in [0.05, 0.1) is 17.7 Å². The third-order valence-corrected chi connectivity index (χ3v) is 5.05. The smallest absolute Gasteiger partial charge is 0.300 e. The topological polar surface area (TPSA) is 79.7 Å². The van der Waals surface area contributed by atoms with Crippen LogP contribution in [0.2, 0.25) is 0 Å². The van der Waals surface area contributed by atoms with Gasteiger partial charge < -0.3 is 9.84 Å². The third kappa shape index (κ3) is 3.97. The Labute approximate surface area is 184 Å². The van der Waals surface area contributed by atoms with Gasteiger partial charge in [0, 0.05) is 23.6 Å². The van der Waals surface area contributed by atoms with Gasteiger partial charge in [-0.15, -0.1) is 0 Å². The maximum atomic E-state index is 13.5. The summed E-state index contributed by atoms with van der Waals surface area (Å²) in [7, 11) is 0. The van der Waals surface area contributed by atoms with Gasteiger partial charge in [-0.05, 0) is 74.0 Å². The number of hydrogen-bond acceptors (Lipinski definition) is 5. The minimum Gasteiger partial charge on any atom is -0.507 e. The van der Waals surface area contributed by atoms with Crippen molar-refractivity contribution in [2.75, 3.05) is 4.90 Å². The van der Waals surface area contributed by atoms with Gasteiger partial charge in [0.25, 0.3) is 11.7 Å². The van der Waals surface area contributed by atoms with E-state index < -0.39 is 23.5 Å². The number of Topliss-reactive ketones (excluding diaryl/α,β-unsaturated/α-hetero) is 1. The zero-order valence-corrected chi connectivity index (χ0v) is 17.5. The number of nitrogens with zero attached hydrogens (tertiary/aromatic N) is 2. The van der Waals surface area contributed by atoms with Gasteiger partial charge in [0.2, 0.25) is 0 Å². The number of hydrogen-bond donors (Lipinski definition) is 1. The van der Waals surface area contributed by atoms with E-state index in [4.69, 9.17) is 4.74 Å². The molecule has 4 rings (SSSR count). The summed E-state index contributed by atoms with van der Waals surface area (Å²) in [4.78, 5) is 31.4. The molecule has 3 aromatic rings. The summed E-state index contributed by atoms with van der Waals surface area (Å²) in [6.45, 7) is 3.80. The molecule has 1 aliphatic heterocycles. The number of benzene rings is 2. The van der Waals surface area contributed by atoms with Crippen LogP contribution in [0.5, 0.6) is 5.75 Å². The number of halogens is 1. The number of carbonyl (C=O) groups is 2. The molecular weight excluding hydrogens is 411 g/mol. The highest BCUT2D eigenvalue weighted by Crippen LogP contribution is 2.42. The molecule has 1 aliphatic rings. The minimum absolute atomic E-state index is 0.0129. The lowest BCUT2D eigenvalue weighted by Gasteiger charge is -2.25. The van der Waals surface area contributed by atoms with Crippen molar-refractivity contribution < 1.29 is 23.8 Å². The maximum Gasteiger partial charge on any atom is 0.300 e. The monoisotopic (exact) mass is 432 g/mol. The first-order chi connectivity index (χ1) is 15.4. The van der Waals surface area contributed by atoms with Crippen LogP contribution in [0.3, 0.4) is 0 Å². The number of carbonyl (C=O) groups excluding carboxylic acids is 2. The molecule has 1 saturated heterocycles. The van der Waals surface area contributed by atoms with E-state index in [1.54, 1.807) is 42.6 Å². The number of ether oxygens (including phenoxy) is 1. The maximum absolute atomic E-state index is 13.5. The highest BCUT2D eigenvalue weighted by atomic mass is 19.1. The second-order valence-corrected chi connectivity index (χ2v) is 7.62. The van der Waals surface area contributed by atoms with Crippen molar-refractivity contribution in [1.29, 1.82) is 0 Å². The summed E-state index contributed by atoms with van der Waals surface area (Å²) in [6, 6.07) is 14.4. The van der Waals surface area contributed by atoms with Gasteiger partial charge in [-0.2, -0.15) is 0 Å². The number of rotatable bonds is 5. The van der Waals surface area contributed by atoms with Gasteiger partial charge in [-0.1, -0.05) is 6.07 Å². The van der Waals surface area contributed by atoms with Crippen LogP contribution in [0.4, 0.5) is 10.1 Å². The molecule has 1 amide bonds. The molecule has 1 aromatic heterocycles. The van der Waals surface area contributed by atoms with Crippen LogP contribution in [0.15, 0.2) is 78.6 Å². The lowest BCUT2D eigenvalue weighted by atomic mass is 9.96. The molecule has 1 atom stereocenters. The number of aliphatic hydroxyl groups excluding tert-OH is 1. The molecule has 2 aromatic carbocycles. The molecule has 6 nitrogen and oxygen atoms in total. The van der Waals surface area contributed by atoms with Gasteiger partial charge in [0.15, 0.2) is 0 Å². The average molecular weight is 432 g/mol. The number of aliphatic hydroxyl groups is 1. The van der Waals surface area contributed by atoms with Crippen LogP contribution in [0.25, 0.3) is 5.76 Å². The molecule has 1 unspecified atom stereocenters. The van der Waals surface area contributed by atoms with E-state index in [9.17, 15) is 19.1 Å². The van der Waals surface area contributed by atoms with Crippen LogP contribution in [0.1, 0.15) is 31.0 Å². The van der Waals surface area contributed by atoms with E-state index in [1.807, 2.05) is 13.8 Å². The van der Waals surface area contributed by atoms with E-state index >= 15 is 0 Å². The van der Waals surface area contributed by atoms with Gasteiger partial charge >= 0.3 is 0 Å². The largest absolute Gasteiger partial charge is 0.507 e. The number of amides is 1. The zero-order valence-electron chi connectivity index (χ0n) is 17.5. The number of ketones is 1. The summed E-state index contributed by atoms with van der Waals surface area (Å²) < 4.78 is 19.1. The Kier molecular flexibility index (Phi) is 5.73. The van der Waals surface area contributed by atoms with Crippen LogP contribution in [0, 0.1) is 5.82 Å². The summed E-state index contributed by atoms with van der Waals surface area (Å²) >= 11 is 0. The van der Waals surface area contributed by atoms with E-state index in [0.717, 1.165) is 0 Å². The Balaban J connectivity index is 1.84. The Morgan fingerprint density at radius 1 is 1.06 bits per heavy atom.